The second kappa shape index (κ2) is 22.5. The van der Waals surface area contributed by atoms with Crippen molar-refractivity contribution in [2.24, 2.45) is 40.4 Å². The molecule has 2 aromatic carbocycles. The van der Waals surface area contributed by atoms with Crippen molar-refractivity contribution in [3.63, 3.8) is 0 Å². The first-order valence-electron chi connectivity index (χ1n) is 23.7. The fraction of sp³-hybridized carbons (Fsp3) is 0.720. The van der Waals surface area contributed by atoms with Gasteiger partial charge in [-0.05, 0) is 160 Å². The van der Waals surface area contributed by atoms with E-state index in [2.05, 4.69) is 24.1 Å². The predicted octanol–water partition coefficient (Wildman–Crippen LogP) is 6.92. The lowest BCUT2D eigenvalue weighted by Gasteiger charge is -2.65. The number of aliphatic hydroxyl groups excluding tert-OH is 5. The number of fused-ring (bicyclic) bond motifs is 1. The SMILES string of the molecule is COc1cc(CC2C(O)CSSC(CCO)c3cc(O)c(OC4CCC5CNCCC#CC67CC(C)CCC6C(CCO)CCC57C4)cc3CCC(OCO)CC2O)cc(OC)c1O. The second-order valence-electron chi connectivity index (χ2n) is 19.4. The molecule has 7 rings (SSSR count). The van der Waals surface area contributed by atoms with Crippen molar-refractivity contribution >= 4 is 21.6 Å². The molecule has 12 unspecified atom stereocenters. The van der Waals surface area contributed by atoms with E-state index >= 15 is 0 Å². The van der Waals surface area contributed by atoms with E-state index in [1.165, 1.54) is 42.2 Å². The molecule has 0 saturated heterocycles. The van der Waals surface area contributed by atoms with Crippen LogP contribution >= 0.6 is 21.6 Å². The van der Waals surface area contributed by atoms with Crippen molar-refractivity contribution in [1.29, 1.82) is 0 Å². The number of hydrogen-bond acceptors (Lipinski definition) is 14. The highest BCUT2D eigenvalue weighted by Gasteiger charge is 2.64. The first-order valence-corrected chi connectivity index (χ1v) is 26.1. The number of nitrogens with one attached hydrogen (secondary N) is 1. The van der Waals surface area contributed by atoms with Gasteiger partial charge in [0.2, 0.25) is 5.75 Å². The third-order valence-corrected chi connectivity index (χ3v) is 18.6. The van der Waals surface area contributed by atoms with Crippen LogP contribution in [-0.2, 0) is 17.6 Å². The summed E-state index contributed by atoms with van der Waals surface area (Å²) in [4.78, 5) is 0. The molecular weight excluding hydrogens is 855 g/mol. The van der Waals surface area contributed by atoms with Gasteiger partial charge in [-0.3, -0.25) is 0 Å². The molecule has 8 N–H and O–H groups in total. The van der Waals surface area contributed by atoms with Crippen LogP contribution in [0.3, 0.4) is 0 Å². The number of ether oxygens (including phenoxy) is 4. The monoisotopic (exact) mass is 927 g/mol. The highest BCUT2D eigenvalue weighted by atomic mass is 33.1. The summed E-state index contributed by atoms with van der Waals surface area (Å²) >= 11 is 0. The molecule has 12 nitrogen and oxygen atoms in total. The van der Waals surface area contributed by atoms with E-state index in [0.29, 0.717) is 54.2 Å². The van der Waals surface area contributed by atoms with Crippen LogP contribution in [0.2, 0.25) is 0 Å². The van der Waals surface area contributed by atoms with E-state index in [9.17, 15) is 35.7 Å². The first kappa shape index (κ1) is 49.3. The second-order valence-corrected chi connectivity index (χ2v) is 22.0. The molecule has 0 radical (unpaired) electrons. The minimum Gasteiger partial charge on any atom is -0.504 e. The first-order chi connectivity index (χ1) is 31.0. The van der Waals surface area contributed by atoms with Crippen LogP contribution in [0.4, 0.5) is 0 Å². The zero-order valence-corrected chi connectivity index (χ0v) is 39.6. The van der Waals surface area contributed by atoms with Crippen LogP contribution in [0.1, 0.15) is 112 Å². The Hall–Kier alpha value is -2.58. The quantitative estimate of drug-likeness (QED) is 0.0622. The Balaban J connectivity index is 1.18. The maximum absolute atomic E-state index is 11.9. The minimum absolute atomic E-state index is 0.0520. The number of methoxy groups -OCH3 is 2. The summed E-state index contributed by atoms with van der Waals surface area (Å²) in [5, 5.41) is 80.0. The lowest BCUT2D eigenvalue weighted by atomic mass is 9.38. The standard InChI is InChI=1S/C50H73NO11S2/c1-31-6-11-40-33(13-18-52)12-16-49-27-37(10-8-35(49)28-51-17-5-4-15-50(40,49)26-31)62-44-23-34-7-9-36(61-30-54)24-41(55)39(20-32-21-45(59-2)48(58)46(22-32)60-3)43(57)29-63-64-47(14-19-53)38(34)25-42(44)56/h21-23,25,31,33,35-37,39-41,43,47,51-58H,5-14,16-20,24,26-30H2,1-3H3. The van der Waals surface area contributed by atoms with Crippen molar-refractivity contribution in [2.75, 3.05) is 53.1 Å². The highest BCUT2D eigenvalue weighted by Crippen LogP contribution is 2.69. The van der Waals surface area contributed by atoms with Crippen molar-refractivity contribution in [3.05, 3.63) is 41.0 Å². The van der Waals surface area contributed by atoms with E-state index < -0.39 is 31.0 Å². The van der Waals surface area contributed by atoms with Gasteiger partial charge in [-0.15, -0.1) is 5.92 Å². The molecule has 2 spiro atoms. The van der Waals surface area contributed by atoms with Gasteiger partial charge in [-0.25, -0.2) is 0 Å². The van der Waals surface area contributed by atoms with Gasteiger partial charge in [0.25, 0.3) is 0 Å². The van der Waals surface area contributed by atoms with E-state index in [0.717, 1.165) is 82.0 Å². The molecule has 12 atom stereocenters. The van der Waals surface area contributed by atoms with Crippen LogP contribution in [-0.4, -0.2) is 113 Å². The summed E-state index contributed by atoms with van der Waals surface area (Å²) in [7, 11) is 5.88. The summed E-state index contributed by atoms with van der Waals surface area (Å²) in [6.45, 7) is 3.83. The Morgan fingerprint density at radius 2 is 1.64 bits per heavy atom. The Kier molecular flexibility index (Phi) is 17.3. The van der Waals surface area contributed by atoms with Crippen molar-refractivity contribution in [1.82, 2.24) is 5.32 Å². The molecule has 2 aromatic rings. The maximum atomic E-state index is 11.9. The van der Waals surface area contributed by atoms with Gasteiger partial charge in [0.15, 0.2) is 23.0 Å². The van der Waals surface area contributed by atoms with Gasteiger partial charge < -0.3 is 60.0 Å². The van der Waals surface area contributed by atoms with Crippen LogP contribution in [0.25, 0.3) is 0 Å². The minimum atomic E-state index is -1.02. The summed E-state index contributed by atoms with van der Waals surface area (Å²) in [5.41, 5.74) is 2.29. The van der Waals surface area contributed by atoms with Gasteiger partial charge in [-0.2, -0.15) is 0 Å². The molecular formula is C50H73NO11S2. The molecule has 0 aromatic heterocycles. The van der Waals surface area contributed by atoms with Crippen LogP contribution < -0.4 is 19.5 Å². The number of benzene rings is 2. The normalized spacial score (nSPS) is 34.8. The maximum Gasteiger partial charge on any atom is 0.200 e. The Morgan fingerprint density at radius 3 is 2.38 bits per heavy atom. The van der Waals surface area contributed by atoms with Crippen molar-refractivity contribution < 1.29 is 54.7 Å². The smallest absolute Gasteiger partial charge is 0.200 e. The van der Waals surface area contributed by atoms with Crippen molar-refractivity contribution in [2.45, 2.75) is 133 Å². The lowest BCUT2D eigenvalue weighted by Crippen LogP contribution is -2.62. The summed E-state index contributed by atoms with van der Waals surface area (Å²) in [5.74, 6) is 10.0. The Bertz CT molecular complexity index is 1890. The molecule has 14 heteroatoms. The number of phenols is 2. The molecule has 0 bridgehead atoms. The molecule has 64 heavy (non-hydrogen) atoms. The fourth-order valence-corrected chi connectivity index (χ4v) is 15.6. The number of hydrogen-bond donors (Lipinski definition) is 8. The van der Waals surface area contributed by atoms with Crippen LogP contribution in [0.5, 0.6) is 28.7 Å². The number of aryl methyl sites for hydroxylation is 1. The van der Waals surface area contributed by atoms with Gasteiger partial charge in [0.1, 0.15) is 6.79 Å². The summed E-state index contributed by atoms with van der Waals surface area (Å²) < 4.78 is 23.7. The van der Waals surface area contributed by atoms with Crippen LogP contribution in [0.15, 0.2) is 24.3 Å². The van der Waals surface area contributed by atoms with Gasteiger partial charge in [0.05, 0.1) is 38.6 Å². The largest absolute Gasteiger partial charge is 0.504 e. The molecule has 3 saturated carbocycles. The summed E-state index contributed by atoms with van der Waals surface area (Å²) in [6.07, 6.45) is 9.00. The number of phenolic OH excluding ortho intramolecular Hbond substituents is 2. The molecule has 3 fully saturated rings. The third-order valence-electron chi connectivity index (χ3n) is 15.8. The number of aliphatic hydroxyl groups is 5. The highest BCUT2D eigenvalue weighted by molar-refractivity contribution is 8.76. The van der Waals surface area contributed by atoms with E-state index in [-0.39, 0.29) is 77.0 Å². The van der Waals surface area contributed by atoms with E-state index in [1.54, 1.807) is 18.2 Å². The molecule has 2 aliphatic heterocycles. The third kappa shape index (κ3) is 10.6. The Labute approximate surface area is 388 Å². The average Bonchev–Trinajstić information content (AvgIpc) is 3.35. The molecule has 3 aliphatic carbocycles. The van der Waals surface area contributed by atoms with E-state index in [1.807, 2.05) is 6.07 Å². The van der Waals surface area contributed by atoms with Gasteiger partial charge >= 0.3 is 0 Å². The van der Waals surface area contributed by atoms with E-state index in [4.69, 9.17) is 18.9 Å². The van der Waals surface area contributed by atoms with Crippen LogP contribution in [0, 0.1) is 52.3 Å². The predicted molar refractivity (Wildman–Crippen MR) is 251 cm³/mol. The summed E-state index contributed by atoms with van der Waals surface area (Å²) in [6, 6.07) is 7.10. The van der Waals surface area contributed by atoms with Gasteiger partial charge in [0, 0.05) is 48.5 Å². The molecule has 0 amide bonds. The molecule has 2 heterocycles. The lowest BCUT2D eigenvalue weighted by molar-refractivity contribution is -0.157. The fourth-order valence-electron chi connectivity index (χ4n) is 12.7. The molecule has 5 aliphatic rings. The van der Waals surface area contributed by atoms with Crippen molar-refractivity contribution in [3.8, 4) is 40.6 Å². The Morgan fingerprint density at radius 1 is 0.859 bits per heavy atom. The topological polar surface area (TPSA) is 191 Å². The average molecular weight is 928 g/mol. The zero-order valence-electron chi connectivity index (χ0n) is 38.0. The molecule has 356 valence electrons. The number of rotatable bonds is 12. The van der Waals surface area contributed by atoms with Gasteiger partial charge in [-0.1, -0.05) is 40.9 Å². The zero-order chi connectivity index (χ0) is 45.4. The number of aromatic hydroxyl groups is 2.